The smallest absolute Gasteiger partial charge is 0.269 e. The second-order valence-corrected chi connectivity index (χ2v) is 9.47. The number of fused-ring (bicyclic) bond motifs is 1. The van der Waals surface area contributed by atoms with Crippen molar-refractivity contribution in [3.05, 3.63) is 62.9 Å². The van der Waals surface area contributed by atoms with E-state index in [-0.39, 0.29) is 5.91 Å². The fraction of sp³-hybridized carbons (Fsp3) is 0.238. The molecular formula is C21H20BrN3OS2. The van der Waals surface area contributed by atoms with Gasteiger partial charge in [0.1, 0.15) is 4.91 Å². The van der Waals surface area contributed by atoms with Crippen LogP contribution in [0.15, 0.2) is 72.8 Å². The molecule has 0 bridgehead atoms. The van der Waals surface area contributed by atoms with Gasteiger partial charge in [0, 0.05) is 23.0 Å². The number of thioether (sulfide) groups is 2. The van der Waals surface area contributed by atoms with E-state index in [1.54, 1.807) is 11.8 Å². The maximum atomic E-state index is 13.3. The highest BCUT2D eigenvalue weighted by Crippen LogP contribution is 2.50. The van der Waals surface area contributed by atoms with Gasteiger partial charge in [-0.05, 0) is 54.6 Å². The molecule has 2 aromatic carbocycles. The summed E-state index contributed by atoms with van der Waals surface area (Å²) in [5.74, 6) is 0.0523. The molecule has 4 rings (SSSR count). The number of anilines is 1. The molecule has 0 aromatic heterocycles. The number of rotatable bonds is 4. The fourth-order valence-electron chi connectivity index (χ4n) is 3.06. The fourth-order valence-corrected chi connectivity index (χ4v) is 5.69. The number of amides is 1. The average molecular weight is 474 g/mol. The Hall–Kier alpha value is -1.70. The van der Waals surface area contributed by atoms with Crippen LogP contribution in [-0.2, 0) is 4.79 Å². The minimum Gasteiger partial charge on any atom is -0.337 e. The Morgan fingerprint density at radius 2 is 1.82 bits per heavy atom. The molecule has 0 aliphatic carbocycles. The minimum atomic E-state index is 0.0523. The van der Waals surface area contributed by atoms with E-state index in [2.05, 4.69) is 39.9 Å². The molecule has 0 N–H and O–H groups in total. The highest BCUT2D eigenvalue weighted by molar-refractivity contribution is 9.10. The van der Waals surface area contributed by atoms with E-state index in [1.807, 2.05) is 48.3 Å². The summed E-state index contributed by atoms with van der Waals surface area (Å²) < 4.78 is 1.01. The molecule has 2 heterocycles. The number of hydrogen-bond acceptors (Lipinski definition) is 5. The van der Waals surface area contributed by atoms with Gasteiger partial charge in [-0.15, -0.1) is 0 Å². The molecule has 7 heteroatoms. The molecule has 4 nitrogen and oxygen atoms in total. The van der Waals surface area contributed by atoms with Gasteiger partial charge in [0.05, 0.1) is 16.4 Å². The number of hydrogen-bond donors (Lipinski definition) is 0. The van der Waals surface area contributed by atoms with E-state index in [4.69, 9.17) is 4.99 Å². The van der Waals surface area contributed by atoms with Gasteiger partial charge in [0.15, 0.2) is 5.17 Å². The van der Waals surface area contributed by atoms with E-state index >= 15 is 0 Å². The first-order valence-corrected chi connectivity index (χ1v) is 11.6. The van der Waals surface area contributed by atoms with Crippen LogP contribution in [0.4, 0.5) is 11.4 Å². The Bertz CT molecular complexity index is 972. The molecule has 0 unspecified atom stereocenters. The predicted molar refractivity (Wildman–Crippen MR) is 123 cm³/mol. The number of carbonyl (C=O) groups excluding carboxylic acids is 1. The van der Waals surface area contributed by atoms with Crippen molar-refractivity contribution in [1.82, 2.24) is 4.90 Å². The monoisotopic (exact) mass is 473 g/mol. The van der Waals surface area contributed by atoms with Crippen LogP contribution < -0.4 is 4.90 Å². The average Bonchev–Trinajstić information content (AvgIpc) is 3.19. The van der Waals surface area contributed by atoms with Crippen molar-refractivity contribution in [2.75, 3.05) is 18.5 Å². The van der Waals surface area contributed by atoms with Crippen LogP contribution in [0.25, 0.3) is 0 Å². The summed E-state index contributed by atoms with van der Waals surface area (Å²) >= 11 is 6.59. The van der Waals surface area contributed by atoms with Gasteiger partial charge in [-0.1, -0.05) is 53.2 Å². The van der Waals surface area contributed by atoms with Crippen LogP contribution in [0.2, 0.25) is 0 Å². The summed E-state index contributed by atoms with van der Waals surface area (Å²) in [5.41, 5.74) is 1.99. The third-order valence-electron chi connectivity index (χ3n) is 4.58. The molecule has 2 aromatic rings. The maximum Gasteiger partial charge on any atom is 0.269 e. The topological polar surface area (TPSA) is 35.9 Å². The normalized spacial score (nSPS) is 20.4. The van der Waals surface area contributed by atoms with Crippen molar-refractivity contribution in [3.63, 3.8) is 0 Å². The molecular weight excluding hydrogens is 454 g/mol. The van der Waals surface area contributed by atoms with E-state index < -0.39 is 0 Å². The first-order valence-electron chi connectivity index (χ1n) is 9.17. The number of aliphatic imine (C=N–C) groups is 1. The van der Waals surface area contributed by atoms with Gasteiger partial charge in [-0.2, -0.15) is 0 Å². The van der Waals surface area contributed by atoms with Crippen molar-refractivity contribution in [1.29, 1.82) is 0 Å². The van der Waals surface area contributed by atoms with E-state index in [9.17, 15) is 4.79 Å². The molecule has 2 aliphatic heterocycles. The highest BCUT2D eigenvalue weighted by atomic mass is 79.9. The van der Waals surface area contributed by atoms with Crippen LogP contribution in [0, 0.1) is 0 Å². The van der Waals surface area contributed by atoms with Crippen LogP contribution in [0.1, 0.15) is 19.8 Å². The van der Waals surface area contributed by atoms with Gasteiger partial charge in [-0.25, -0.2) is 4.99 Å². The number of unbranched alkanes of at least 4 members (excludes halogenated alkanes) is 1. The summed E-state index contributed by atoms with van der Waals surface area (Å²) in [6.45, 7) is 2.83. The number of amidine groups is 1. The van der Waals surface area contributed by atoms with Crippen molar-refractivity contribution < 1.29 is 4.79 Å². The van der Waals surface area contributed by atoms with Gasteiger partial charge in [0.2, 0.25) is 0 Å². The van der Waals surface area contributed by atoms with E-state index in [0.29, 0.717) is 6.54 Å². The van der Waals surface area contributed by atoms with Gasteiger partial charge < -0.3 is 4.90 Å². The molecule has 28 heavy (non-hydrogen) atoms. The van der Waals surface area contributed by atoms with Crippen molar-refractivity contribution in [3.8, 4) is 0 Å². The lowest BCUT2D eigenvalue weighted by atomic mass is 10.3. The molecule has 1 saturated heterocycles. The maximum absolute atomic E-state index is 13.3. The quantitative estimate of drug-likeness (QED) is 0.493. The Morgan fingerprint density at radius 1 is 1.07 bits per heavy atom. The van der Waals surface area contributed by atoms with Crippen LogP contribution in [0.3, 0.4) is 0 Å². The zero-order valence-electron chi connectivity index (χ0n) is 15.7. The Kier molecular flexibility index (Phi) is 5.85. The van der Waals surface area contributed by atoms with Gasteiger partial charge in [0.25, 0.3) is 5.91 Å². The Labute approximate surface area is 182 Å². The van der Waals surface area contributed by atoms with Crippen molar-refractivity contribution >= 4 is 61.9 Å². The number of para-hydroxylation sites is 1. The molecule has 1 fully saturated rings. The third-order valence-corrected chi connectivity index (χ3v) is 7.54. The third kappa shape index (κ3) is 3.75. The highest BCUT2D eigenvalue weighted by Gasteiger charge is 2.38. The van der Waals surface area contributed by atoms with Crippen LogP contribution in [-0.4, -0.2) is 29.6 Å². The molecule has 0 spiro atoms. The summed E-state index contributed by atoms with van der Waals surface area (Å²) in [7, 11) is 2.02. The summed E-state index contributed by atoms with van der Waals surface area (Å²) in [5, 5.41) is 1.74. The zero-order chi connectivity index (χ0) is 19.7. The molecule has 0 radical (unpaired) electrons. The van der Waals surface area contributed by atoms with Gasteiger partial charge in [-0.3, -0.25) is 9.69 Å². The second kappa shape index (κ2) is 8.35. The SMILES string of the molecule is CCCCN1C(=O)C(=C2Sc3ccccc3N2C)SC1=Nc1ccc(Br)cc1. The van der Waals surface area contributed by atoms with Crippen LogP contribution >= 0.6 is 39.5 Å². The van der Waals surface area contributed by atoms with E-state index in [0.717, 1.165) is 43.8 Å². The Balaban J connectivity index is 1.71. The van der Waals surface area contributed by atoms with Crippen molar-refractivity contribution in [2.45, 2.75) is 24.7 Å². The number of carbonyl (C=O) groups is 1. The van der Waals surface area contributed by atoms with Crippen LogP contribution in [0.5, 0.6) is 0 Å². The standard InChI is InChI=1S/C21H20BrN3OS2/c1-3-4-13-25-19(26)18(20-24(2)16-7-5-6-8-17(16)27-20)28-21(25)23-15-11-9-14(22)10-12-15/h5-12H,3-4,13H2,1-2H3. The lowest BCUT2D eigenvalue weighted by Crippen LogP contribution is -2.30. The summed E-state index contributed by atoms with van der Waals surface area (Å²) in [6, 6.07) is 16.1. The molecule has 2 aliphatic rings. The van der Waals surface area contributed by atoms with E-state index in [1.165, 1.54) is 16.7 Å². The largest absolute Gasteiger partial charge is 0.337 e. The first-order chi connectivity index (χ1) is 13.6. The predicted octanol–water partition coefficient (Wildman–Crippen LogP) is 6.22. The number of benzene rings is 2. The molecule has 0 saturated carbocycles. The number of nitrogens with zero attached hydrogens (tertiary/aromatic N) is 3. The molecule has 0 atom stereocenters. The Morgan fingerprint density at radius 3 is 2.54 bits per heavy atom. The molecule has 1 amide bonds. The first kappa shape index (κ1) is 19.6. The lowest BCUT2D eigenvalue weighted by molar-refractivity contribution is -0.122. The lowest BCUT2D eigenvalue weighted by Gasteiger charge is -2.16. The zero-order valence-corrected chi connectivity index (χ0v) is 18.9. The molecule has 144 valence electrons. The van der Waals surface area contributed by atoms with Crippen molar-refractivity contribution in [2.24, 2.45) is 4.99 Å². The summed E-state index contributed by atoms with van der Waals surface area (Å²) in [4.78, 5) is 23.9. The second-order valence-electron chi connectivity index (χ2n) is 6.55. The minimum absolute atomic E-state index is 0.0523. The van der Waals surface area contributed by atoms with Gasteiger partial charge >= 0.3 is 0 Å². The number of halogens is 1. The summed E-state index contributed by atoms with van der Waals surface area (Å²) in [6.07, 6.45) is 1.99.